The molecule has 1 aliphatic rings. The molecule has 0 spiro atoms. The molecule has 0 heterocycles. The summed E-state index contributed by atoms with van der Waals surface area (Å²) >= 11 is 12.3. The van der Waals surface area contributed by atoms with Gasteiger partial charge in [0.1, 0.15) is 0 Å². The highest BCUT2D eigenvalue weighted by Crippen LogP contribution is 2.33. The molecule has 0 aliphatic heterocycles. The normalized spacial score (nSPS) is 18.4. The van der Waals surface area contributed by atoms with E-state index in [-0.39, 0.29) is 18.4 Å². The molecule has 0 aromatic heterocycles. The predicted molar refractivity (Wildman–Crippen MR) is 113 cm³/mol. The minimum atomic E-state index is -0.00633. The smallest absolute Gasteiger partial charge is 0.292 e. The van der Waals surface area contributed by atoms with Gasteiger partial charge < -0.3 is 10.1 Å². The van der Waals surface area contributed by atoms with Crippen LogP contribution in [0.15, 0.2) is 48.5 Å². The second-order valence-corrected chi connectivity index (χ2v) is 7.55. The lowest BCUT2D eigenvalue weighted by atomic mass is 9.82. The van der Waals surface area contributed by atoms with E-state index in [0.29, 0.717) is 28.0 Å². The van der Waals surface area contributed by atoms with Crippen molar-refractivity contribution in [2.75, 3.05) is 7.11 Å². The lowest BCUT2D eigenvalue weighted by Crippen LogP contribution is -2.38. The molecule has 1 aliphatic carbocycles. The fraction of sp³-hybridized carbons (Fsp3) is 0.364. The van der Waals surface area contributed by atoms with E-state index in [4.69, 9.17) is 28.0 Å². The van der Waals surface area contributed by atoms with Gasteiger partial charge in [0.25, 0.3) is 6.47 Å². The Morgan fingerprint density at radius 2 is 1.61 bits per heavy atom. The first-order valence-electron chi connectivity index (χ1n) is 9.28. The Bertz CT molecular complexity index is 739. The summed E-state index contributed by atoms with van der Waals surface area (Å²) < 4.78 is 3.86. The number of hydrogen-bond acceptors (Lipinski definition) is 3. The average Bonchev–Trinajstić information content (AvgIpc) is 2.72. The number of hydrogen-bond donors (Lipinski definition) is 1. The molecule has 2 aromatic carbocycles. The fourth-order valence-electron chi connectivity index (χ4n) is 3.44. The summed E-state index contributed by atoms with van der Waals surface area (Å²) in [5.41, 5.74) is 2.11. The molecule has 0 unspecified atom stereocenters. The molecule has 1 amide bonds. The van der Waals surface area contributed by atoms with Crippen molar-refractivity contribution >= 4 is 35.6 Å². The van der Waals surface area contributed by atoms with Gasteiger partial charge >= 0.3 is 0 Å². The van der Waals surface area contributed by atoms with Gasteiger partial charge in [0.15, 0.2) is 0 Å². The first-order chi connectivity index (χ1) is 13.5. The predicted octanol–water partition coefficient (Wildman–Crippen LogP) is 5.17. The molecule has 4 nitrogen and oxygen atoms in total. The van der Waals surface area contributed by atoms with E-state index < -0.39 is 0 Å². The molecule has 6 heteroatoms. The highest BCUT2D eigenvalue weighted by atomic mass is 35.5. The summed E-state index contributed by atoms with van der Waals surface area (Å²) in [7, 11) is 1.31. The molecule has 0 atom stereocenters. The van der Waals surface area contributed by atoms with Crippen molar-refractivity contribution < 1.29 is 14.3 Å². The zero-order valence-corrected chi connectivity index (χ0v) is 17.4. The van der Waals surface area contributed by atoms with Gasteiger partial charge in [-0.05, 0) is 54.9 Å². The molecule has 1 fully saturated rings. The lowest BCUT2D eigenvalue weighted by Gasteiger charge is -2.29. The Kier molecular flexibility index (Phi) is 9.32. The van der Waals surface area contributed by atoms with Crippen molar-refractivity contribution in [3.05, 3.63) is 69.7 Å². The lowest BCUT2D eigenvalue weighted by molar-refractivity contribution is -0.126. The third-order valence-corrected chi connectivity index (χ3v) is 5.57. The van der Waals surface area contributed by atoms with Crippen LogP contribution in [-0.4, -0.2) is 25.5 Å². The van der Waals surface area contributed by atoms with Gasteiger partial charge in [-0.2, -0.15) is 0 Å². The maximum atomic E-state index is 12.3. The van der Waals surface area contributed by atoms with E-state index in [0.717, 1.165) is 25.7 Å². The Morgan fingerprint density at radius 3 is 2.14 bits per heavy atom. The van der Waals surface area contributed by atoms with Gasteiger partial charge in [-0.1, -0.05) is 59.6 Å². The number of methoxy groups -OCH3 is 1. The maximum absolute atomic E-state index is 12.3. The van der Waals surface area contributed by atoms with E-state index in [1.54, 1.807) is 18.2 Å². The van der Waals surface area contributed by atoms with Crippen LogP contribution in [0.3, 0.4) is 0 Å². The molecule has 3 rings (SSSR count). The third-order valence-electron chi connectivity index (χ3n) is 4.86. The zero-order chi connectivity index (χ0) is 20.4. The van der Waals surface area contributed by atoms with Crippen LogP contribution in [0, 0.1) is 0 Å². The van der Waals surface area contributed by atoms with E-state index in [9.17, 15) is 4.79 Å². The number of ether oxygens (including phenoxy) is 1. The first kappa shape index (κ1) is 22.3. The Balaban J connectivity index is 0.000000640. The van der Waals surface area contributed by atoms with Crippen molar-refractivity contribution in [1.82, 2.24) is 5.32 Å². The van der Waals surface area contributed by atoms with Crippen molar-refractivity contribution in [1.29, 1.82) is 0 Å². The van der Waals surface area contributed by atoms with Crippen LogP contribution in [-0.2, 0) is 20.7 Å². The third kappa shape index (κ3) is 6.84. The second-order valence-electron chi connectivity index (χ2n) is 6.74. The van der Waals surface area contributed by atoms with E-state index in [1.165, 1.54) is 12.7 Å². The summed E-state index contributed by atoms with van der Waals surface area (Å²) in [4.78, 5) is 21.3. The SMILES string of the molecule is COC=O.O=C(Cc1c(Cl)cccc1Cl)NC1CCC(c2ccccc2)CC1. The second kappa shape index (κ2) is 11.7. The molecule has 2 aromatic rings. The topological polar surface area (TPSA) is 55.4 Å². The molecule has 0 radical (unpaired) electrons. The monoisotopic (exact) mass is 421 g/mol. The number of benzene rings is 2. The van der Waals surface area contributed by atoms with Gasteiger partial charge in [0.2, 0.25) is 5.91 Å². The van der Waals surface area contributed by atoms with Crippen molar-refractivity contribution in [3.63, 3.8) is 0 Å². The van der Waals surface area contributed by atoms with Gasteiger partial charge in [-0.3, -0.25) is 9.59 Å². The Morgan fingerprint density at radius 1 is 1.04 bits per heavy atom. The minimum absolute atomic E-state index is 0.00633. The van der Waals surface area contributed by atoms with E-state index >= 15 is 0 Å². The van der Waals surface area contributed by atoms with Crippen molar-refractivity contribution in [2.24, 2.45) is 0 Å². The van der Waals surface area contributed by atoms with Gasteiger partial charge in [0.05, 0.1) is 13.5 Å². The van der Waals surface area contributed by atoms with Crippen LogP contribution in [0.1, 0.15) is 42.7 Å². The zero-order valence-electron chi connectivity index (χ0n) is 15.9. The summed E-state index contributed by atoms with van der Waals surface area (Å²) in [6, 6.07) is 16.2. The molecular formula is C22H25Cl2NO3. The quantitative estimate of drug-likeness (QED) is 0.677. The van der Waals surface area contributed by atoms with Crippen LogP contribution in [0.2, 0.25) is 10.0 Å². The average molecular weight is 422 g/mol. The summed E-state index contributed by atoms with van der Waals surface area (Å²) in [6.07, 6.45) is 4.49. The number of rotatable bonds is 5. The standard InChI is InChI=1S/C20H21Cl2NO.C2H4O2/c21-18-7-4-8-19(22)17(18)13-20(24)23-16-11-9-15(10-12-16)14-5-2-1-3-6-14;1-4-2-3/h1-8,15-16H,9-13H2,(H,23,24);2H,1H3. The highest BCUT2D eigenvalue weighted by molar-refractivity contribution is 6.36. The summed E-state index contributed by atoms with van der Waals surface area (Å²) in [5, 5.41) is 4.23. The first-order valence-corrected chi connectivity index (χ1v) is 10.0. The molecule has 0 bridgehead atoms. The molecule has 150 valence electrons. The van der Waals surface area contributed by atoms with Crippen molar-refractivity contribution in [2.45, 2.75) is 44.1 Å². The summed E-state index contributed by atoms with van der Waals surface area (Å²) in [6.45, 7) is 0.375. The number of halogens is 2. The van der Waals surface area contributed by atoms with Crippen LogP contribution < -0.4 is 5.32 Å². The van der Waals surface area contributed by atoms with Crippen LogP contribution in [0.4, 0.5) is 0 Å². The number of amides is 1. The molecule has 0 saturated heterocycles. The maximum Gasteiger partial charge on any atom is 0.292 e. The van der Waals surface area contributed by atoms with Crippen molar-refractivity contribution in [3.8, 4) is 0 Å². The largest absolute Gasteiger partial charge is 0.471 e. The number of carbonyl (C=O) groups is 2. The highest BCUT2D eigenvalue weighted by Gasteiger charge is 2.23. The number of nitrogens with one attached hydrogen (secondary N) is 1. The molecule has 1 saturated carbocycles. The van der Waals surface area contributed by atoms with Gasteiger partial charge in [-0.15, -0.1) is 0 Å². The van der Waals surface area contributed by atoms with Crippen LogP contribution in [0.25, 0.3) is 0 Å². The number of carbonyl (C=O) groups excluding carboxylic acids is 2. The van der Waals surface area contributed by atoms with Crippen LogP contribution in [0.5, 0.6) is 0 Å². The van der Waals surface area contributed by atoms with Crippen LogP contribution >= 0.6 is 23.2 Å². The van der Waals surface area contributed by atoms with E-state index in [1.807, 2.05) is 0 Å². The minimum Gasteiger partial charge on any atom is -0.471 e. The Labute approximate surface area is 176 Å². The molecular weight excluding hydrogens is 397 g/mol. The molecule has 28 heavy (non-hydrogen) atoms. The van der Waals surface area contributed by atoms with Gasteiger partial charge in [0, 0.05) is 16.1 Å². The van der Waals surface area contributed by atoms with E-state index in [2.05, 4.69) is 40.4 Å². The fourth-order valence-corrected chi connectivity index (χ4v) is 3.97. The molecule has 1 N–H and O–H groups in total. The Hall–Kier alpha value is -2.04. The summed E-state index contributed by atoms with van der Waals surface area (Å²) in [5.74, 6) is 0.602. The van der Waals surface area contributed by atoms with Gasteiger partial charge in [-0.25, -0.2) is 0 Å².